The highest BCUT2D eigenvalue weighted by atomic mass is 32.2. The van der Waals surface area contributed by atoms with Crippen LogP contribution in [0.3, 0.4) is 0 Å². The summed E-state index contributed by atoms with van der Waals surface area (Å²) in [6.45, 7) is 0. The Morgan fingerprint density at radius 2 is 1.89 bits per heavy atom. The standard InChI is InChI=1S/C23H22N2O2S/c1-25-21-10-8-18(13-19(21)23-20-9-6-16(24-20)12-22(23)25)28(26,27)17-7-5-14-3-2-4-15(14)11-17/h2-3,5,7-8,10-11,13,16,20,24H,4,6,9,12H2,1H3. The normalized spacial score (nSPS) is 22.6. The molecular weight excluding hydrogens is 368 g/mol. The number of nitrogens with zero attached hydrogens (tertiary/aromatic N) is 1. The average Bonchev–Trinajstić information content (AvgIpc) is 3.39. The van der Waals surface area contributed by atoms with E-state index in [1.54, 1.807) is 12.1 Å². The van der Waals surface area contributed by atoms with Gasteiger partial charge in [-0.1, -0.05) is 18.2 Å². The van der Waals surface area contributed by atoms with Gasteiger partial charge in [-0.25, -0.2) is 8.42 Å². The Morgan fingerprint density at radius 1 is 1.07 bits per heavy atom. The second kappa shape index (κ2) is 5.58. The van der Waals surface area contributed by atoms with Crippen LogP contribution in [-0.2, 0) is 29.7 Å². The number of nitrogens with one attached hydrogen (secondary N) is 1. The van der Waals surface area contributed by atoms with E-state index in [4.69, 9.17) is 0 Å². The van der Waals surface area contributed by atoms with Crippen molar-refractivity contribution in [1.29, 1.82) is 0 Å². The van der Waals surface area contributed by atoms with Crippen molar-refractivity contribution in [1.82, 2.24) is 9.88 Å². The zero-order valence-electron chi connectivity index (χ0n) is 15.8. The first-order valence-electron chi connectivity index (χ1n) is 9.94. The van der Waals surface area contributed by atoms with Gasteiger partial charge in [-0.3, -0.25) is 0 Å². The van der Waals surface area contributed by atoms with Crippen LogP contribution in [0.15, 0.2) is 52.3 Å². The molecule has 0 radical (unpaired) electrons. The molecule has 1 N–H and O–H groups in total. The molecule has 2 atom stereocenters. The summed E-state index contributed by atoms with van der Waals surface area (Å²) in [6, 6.07) is 12.0. The molecule has 5 heteroatoms. The summed E-state index contributed by atoms with van der Waals surface area (Å²) < 4.78 is 29.0. The number of rotatable bonds is 2. The van der Waals surface area contributed by atoms with Gasteiger partial charge in [0.15, 0.2) is 0 Å². The fraction of sp³-hybridized carbons (Fsp3) is 0.304. The monoisotopic (exact) mass is 390 g/mol. The van der Waals surface area contributed by atoms with Gasteiger partial charge in [-0.2, -0.15) is 0 Å². The number of allylic oxidation sites excluding steroid dienone is 1. The van der Waals surface area contributed by atoms with Gasteiger partial charge in [0.05, 0.1) is 9.79 Å². The fourth-order valence-corrected chi connectivity index (χ4v) is 6.62. The van der Waals surface area contributed by atoms with Crippen LogP contribution < -0.4 is 5.32 Å². The lowest BCUT2D eigenvalue weighted by Crippen LogP contribution is -2.32. The maximum absolute atomic E-state index is 13.4. The largest absolute Gasteiger partial charge is 0.347 e. The molecule has 1 aliphatic carbocycles. The summed E-state index contributed by atoms with van der Waals surface area (Å²) >= 11 is 0. The molecule has 0 amide bonds. The van der Waals surface area contributed by atoms with Crippen LogP contribution in [0.25, 0.3) is 17.0 Å². The summed E-state index contributed by atoms with van der Waals surface area (Å²) in [5, 5.41) is 4.78. The van der Waals surface area contributed by atoms with Gasteiger partial charge in [-0.15, -0.1) is 0 Å². The molecule has 1 fully saturated rings. The first-order chi connectivity index (χ1) is 13.5. The Balaban J connectivity index is 1.52. The van der Waals surface area contributed by atoms with Gasteiger partial charge in [-0.05, 0) is 66.3 Å². The van der Waals surface area contributed by atoms with Crippen LogP contribution in [0.2, 0.25) is 0 Å². The van der Waals surface area contributed by atoms with Gasteiger partial charge >= 0.3 is 0 Å². The van der Waals surface area contributed by atoms with E-state index in [0.717, 1.165) is 41.3 Å². The molecule has 1 saturated heterocycles. The van der Waals surface area contributed by atoms with Crippen molar-refractivity contribution in [2.24, 2.45) is 7.05 Å². The van der Waals surface area contributed by atoms with E-state index in [9.17, 15) is 8.42 Å². The summed E-state index contributed by atoms with van der Waals surface area (Å²) in [4.78, 5) is 0.776. The summed E-state index contributed by atoms with van der Waals surface area (Å²) in [6.07, 6.45) is 8.28. The number of sulfone groups is 1. The van der Waals surface area contributed by atoms with Gasteiger partial charge in [0.1, 0.15) is 0 Å². The topological polar surface area (TPSA) is 51.1 Å². The Morgan fingerprint density at radius 3 is 2.79 bits per heavy atom. The van der Waals surface area contributed by atoms with Gasteiger partial charge in [0, 0.05) is 42.1 Å². The second-order valence-corrected chi connectivity index (χ2v) is 10.2. The minimum absolute atomic E-state index is 0.349. The Kier molecular flexibility index (Phi) is 3.30. The molecule has 2 unspecified atom stereocenters. The van der Waals surface area contributed by atoms with Crippen molar-refractivity contribution in [2.75, 3.05) is 0 Å². The molecule has 28 heavy (non-hydrogen) atoms. The minimum atomic E-state index is -3.54. The molecule has 3 heterocycles. The van der Waals surface area contributed by atoms with Crippen molar-refractivity contribution < 1.29 is 8.42 Å². The van der Waals surface area contributed by atoms with Crippen LogP contribution >= 0.6 is 0 Å². The van der Waals surface area contributed by atoms with E-state index in [1.807, 2.05) is 24.3 Å². The van der Waals surface area contributed by atoms with E-state index >= 15 is 0 Å². The Hall–Kier alpha value is -2.37. The lowest BCUT2D eigenvalue weighted by Gasteiger charge is -2.23. The summed E-state index contributed by atoms with van der Waals surface area (Å²) in [5.74, 6) is 0. The highest BCUT2D eigenvalue weighted by molar-refractivity contribution is 7.91. The van der Waals surface area contributed by atoms with Crippen LogP contribution in [0.5, 0.6) is 0 Å². The first kappa shape index (κ1) is 16.6. The summed E-state index contributed by atoms with van der Waals surface area (Å²) in [7, 11) is -1.44. The molecule has 0 saturated carbocycles. The number of aromatic nitrogens is 1. The van der Waals surface area contributed by atoms with E-state index in [1.165, 1.54) is 17.7 Å². The molecule has 2 bridgehead atoms. The lowest BCUT2D eigenvalue weighted by atomic mass is 9.99. The molecule has 2 aromatic carbocycles. The number of aryl methyl sites for hydroxylation is 1. The molecule has 142 valence electrons. The van der Waals surface area contributed by atoms with Gasteiger partial charge in [0.2, 0.25) is 9.84 Å². The van der Waals surface area contributed by atoms with Gasteiger partial charge < -0.3 is 9.88 Å². The second-order valence-electron chi connectivity index (χ2n) is 8.27. The molecule has 4 nitrogen and oxygen atoms in total. The van der Waals surface area contributed by atoms with Crippen molar-refractivity contribution in [2.45, 2.75) is 47.6 Å². The number of hydrogen-bond acceptors (Lipinski definition) is 3. The average molecular weight is 391 g/mol. The van der Waals surface area contributed by atoms with Crippen LogP contribution in [0.4, 0.5) is 0 Å². The molecule has 2 aliphatic heterocycles. The van der Waals surface area contributed by atoms with Gasteiger partial charge in [0.25, 0.3) is 0 Å². The van der Waals surface area contributed by atoms with Crippen LogP contribution in [0.1, 0.15) is 41.3 Å². The molecule has 0 spiro atoms. The van der Waals surface area contributed by atoms with Crippen molar-refractivity contribution in [3.05, 3.63) is 64.9 Å². The number of fused-ring (bicyclic) bond motifs is 7. The fourth-order valence-electron chi connectivity index (χ4n) is 5.29. The van der Waals surface area contributed by atoms with E-state index in [0.29, 0.717) is 21.9 Å². The quantitative estimate of drug-likeness (QED) is 0.721. The number of benzene rings is 2. The molecular formula is C23H22N2O2S. The molecule has 3 aromatic rings. The predicted octanol–water partition coefficient (Wildman–Crippen LogP) is 3.93. The predicted molar refractivity (Wildman–Crippen MR) is 110 cm³/mol. The molecule has 3 aliphatic rings. The first-order valence-corrected chi connectivity index (χ1v) is 11.4. The third kappa shape index (κ3) is 2.17. The maximum Gasteiger partial charge on any atom is 0.206 e. The smallest absolute Gasteiger partial charge is 0.206 e. The highest BCUT2D eigenvalue weighted by Crippen LogP contribution is 2.42. The number of hydrogen-bond donors (Lipinski definition) is 1. The third-order valence-corrected chi connectivity index (χ3v) is 8.48. The van der Waals surface area contributed by atoms with Crippen molar-refractivity contribution >= 4 is 26.8 Å². The van der Waals surface area contributed by atoms with Crippen molar-refractivity contribution in [3.8, 4) is 0 Å². The maximum atomic E-state index is 13.4. The Labute approximate surface area is 164 Å². The highest BCUT2D eigenvalue weighted by Gasteiger charge is 2.36. The van der Waals surface area contributed by atoms with E-state index in [-0.39, 0.29) is 0 Å². The molecule has 1 aromatic heterocycles. The lowest BCUT2D eigenvalue weighted by molar-refractivity contribution is 0.503. The minimum Gasteiger partial charge on any atom is -0.347 e. The van der Waals surface area contributed by atoms with E-state index in [2.05, 4.69) is 29.1 Å². The van der Waals surface area contributed by atoms with Crippen molar-refractivity contribution in [3.63, 3.8) is 0 Å². The zero-order chi connectivity index (χ0) is 19.0. The Bertz CT molecular complexity index is 1280. The van der Waals surface area contributed by atoms with Crippen LogP contribution in [-0.4, -0.2) is 19.0 Å². The van der Waals surface area contributed by atoms with E-state index < -0.39 is 9.84 Å². The third-order valence-electron chi connectivity index (χ3n) is 6.73. The zero-order valence-corrected chi connectivity index (χ0v) is 16.6. The molecule has 6 rings (SSSR count). The SMILES string of the molecule is Cn1c2c(c3cc(S(=O)(=O)c4ccc5c(c4)CC=C5)ccc31)C1CCC(C2)N1. The van der Waals surface area contributed by atoms with Crippen LogP contribution in [0, 0.1) is 0 Å². The summed E-state index contributed by atoms with van der Waals surface area (Å²) in [5.41, 5.74) is 5.99.